The van der Waals surface area contributed by atoms with Gasteiger partial charge >= 0.3 is 0 Å². The van der Waals surface area contributed by atoms with Gasteiger partial charge in [0.05, 0.1) is 21.3 Å². The van der Waals surface area contributed by atoms with Gasteiger partial charge in [0.25, 0.3) is 0 Å². The Bertz CT molecular complexity index is 448. The van der Waals surface area contributed by atoms with Gasteiger partial charge in [-0.25, -0.2) is 0 Å². The fourth-order valence-electron chi connectivity index (χ4n) is 2.69. The quantitative estimate of drug-likeness (QED) is 0.758. The summed E-state index contributed by atoms with van der Waals surface area (Å²) in [5.41, 5.74) is 1.32. The van der Waals surface area contributed by atoms with Gasteiger partial charge in [-0.2, -0.15) is 0 Å². The van der Waals surface area contributed by atoms with Crippen LogP contribution in [-0.2, 0) is 6.54 Å². The minimum absolute atomic E-state index is 0.212. The second kappa shape index (κ2) is 8.25. The molecule has 0 saturated carbocycles. The summed E-state index contributed by atoms with van der Waals surface area (Å²) in [6.45, 7) is 7.25. The molecular formula is C17H30N2O3. The van der Waals surface area contributed by atoms with E-state index in [0.29, 0.717) is 17.2 Å². The van der Waals surface area contributed by atoms with Crippen molar-refractivity contribution in [2.75, 3.05) is 48.5 Å². The van der Waals surface area contributed by atoms with Crippen LogP contribution in [0, 0.1) is 5.41 Å². The molecule has 1 rings (SSSR count). The van der Waals surface area contributed by atoms with Crippen LogP contribution in [0.25, 0.3) is 0 Å². The highest BCUT2D eigenvalue weighted by atomic mass is 16.5. The Morgan fingerprint density at radius 2 is 1.55 bits per heavy atom. The van der Waals surface area contributed by atoms with Crippen LogP contribution in [0.15, 0.2) is 12.1 Å². The molecular weight excluding hydrogens is 280 g/mol. The maximum absolute atomic E-state index is 5.38. The maximum atomic E-state index is 5.38. The molecule has 0 aromatic heterocycles. The van der Waals surface area contributed by atoms with Crippen molar-refractivity contribution in [2.24, 2.45) is 5.41 Å². The van der Waals surface area contributed by atoms with E-state index in [-0.39, 0.29) is 5.41 Å². The van der Waals surface area contributed by atoms with Gasteiger partial charge in [-0.3, -0.25) is 0 Å². The second-order valence-electron chi connectivity index (χ2n) is 6.54. The molecule has 0 aliphatic rings. The van der Waals surface area contributed by atoms with Crippen LogP contribution in [0.4, 0.5) is 0 Å². The Morgan fingerprint density at radius 3 is 1.95 bits per heavy atom. The highest BCUT2D eigenvalue weighted by Gasteiger charge is 2.19. The molecule has 1 aromatic rings. The average molecular weight is 310 g/mol. The number of nitrogens with zero attached hydrogens (tertiary/aromatic N) is 1. The van der Waals surface area contributed by atoms with E-state index < -0.39 is 0 Å². The number of ether oxygens (including phenoxy) is 3. The zero-order valence-corrected chi connectivity index (χ0v) is 14.9. The number of nitrogens with one attached hydrogen (secondary N) is 1. The molecule has 0 spiro atoms. The molecule has 0 unspecified atom stereocenters. The van der Waals surface area contributed by atoms with Crippen LogP contribution in [0.2, 0.25) is 0 Å². The molecule has 5 nitrogen and oxygen atoms in total. The molecule has 1 aromatic carbocycles. The van der Waals surface area contributed by atoms with Crippen molar-refractivity contribution in [2.45, 2.75) is 20.4 Å². The molecule has 0 bridgehead atoms. The number of hydrogen-bond donors (Lipinski definition) is 1. The Balaban J connectivity index is 2.74. The van der Waals surface area contributed by atoms with E-state index in [1.165, 1.54) is 0 Å². The lowest BCUT2D eigenvalue weighted by Crippen LogP contribution is -2.37. The van der Waals surface area contributed by atoms with E-state index in [9.17, 15) is 0 Å². The molecule has 0 aliphatic heterocycles. The smallest absolute Gasteiger partial charge is 0.203 e. The van der Waals surface area contributed by atoms with Gasteiger partial charge in [0.2, 0.25) is 5.75 Å². The van der Waals surface area contributed by atoms with Crippen molar-refractivity contribution in [1.82, 2.24) is 10.2 Å². The first-order valence-electron chi connectivity index (χ1n) is 7.47. The predicted molar refractivity (Wildman–Crippen MR) is 90.1 cm³/mol. The molecule has 1 N–H and O–H groups in total. The molecule has 126 valence electrons. The second-order valence-corrected chi connectivity index (χ2v) is 6.54. The molecule has 0 radical (unpaired) electrons. The van der Waals surface area contributed by atoms with E-state index in [2.05, 4.69) is 38.2 Å². The fraction of sp³-hybridized carbons (Fsp3) is 0.647. The summed E-state index contributed by atoms with van der Waals surface area (Å²) in [4.78, 5) is 2.21. The summed E-state index contributed by atoms with van der Waals surface area (Å²) in [5.74, 6) is 2.00. The van der Waals surface area contributed by atoms with Gasteiger partial charge in [-0.05, 0) is 37.2 Å². The van der Waals surface area contributed by atoms with Crippen molar-refractivity contribution in [3.8, 4) is 17.2 Å². The zero-order valence-electron chi connectivity index (χ0n) is 14.9. The normalized spacial score (nSPS) is 11.6. The molecule has 0 aliphatic carbocycles. The molecule has 0 amide bonds. The third kappa shape index (κ3) is 5.39. The van der Waals surface area contributed by atoms with Gasteiger partial charge < -0.3 is 24.4 Å². The van der Waals surface area contributed by atoms with Crippen LogP contribution in [0.1, 0.15) is 19.4 Å². The van der Waals surface area contributed by atoms with Crippen molar-refractivity contribution in [1.29, 1.82) is 0 Å². The largest absolute Gasteiger partial charge is 0.493 e. The average Bonchev–Trinajstić information content (AvgIpc) is 2.44. The lowest BCUT2D eigenvalue weighted by molar-refractivity contribution is 0.232. The van der Waals surface area contributed by atoms with Crippen molar-refractivity contribution in [3.05, 3.63) is 17.7 Å². The van der Waals surface area contributed by atoms with Gasteiger partial charge in [-0.15, -0.1) is 0 Å². The SMILES string of the molecule is COc1cc(CNCC(C)(C)CN(C)C)cc(OC)c1OC. The standard InChI is InChI=1S/C17H30N2O3/c1-17(2,12-19(3)4)11-18-10-13-8-14(20-5)16(22-7)15(9-13)21-6/h8-9,18H,10-12H2,1-7H3. The summed E-state index contributed by atoms with van der Waals surface area (Å²) in [5, 5.41) is 3.51. The van der Waals surface area contributed by atoms with E-state index in [0.717, 1.165) is 25.2 Å². The van der Waals surface area contributed by atoms with E-state index in [1.54, 1.807) is 21.3 Å². The summed E-state index contributed by atoms with van der Waals surface area (Å²) in [7, 11) is 9.08. The van der Waals surface area contributed by atoms with Gasteiger partial charge in [0.1, 0.15) is 0 Å². The number of benzene rings is 1. The first-order valence-corrected chi connectivity index (χ1v) is 7.47. The highest BCUT2D eigenvalue weighted by Crippen LogP contribution is 2.38. The van der Waals surface area contributed by atoms with Crippen LogP contribution in [0.5, 0.6) is 17.2 Å². The fourth-order valence-corrected chi connectivity index (χ4v) is 2.69. The third-order valence-electron chi connectivity index (χ3n) is 3.40. The predicted octanol–water partition coefficient (Wildman–Crippen LogP) is 2.39. The number of rotatable bonds is 9. The van der Waals surface area contributed by atoms with Gasteiger partial charge in [-0.1, -0.05) is 13.8 Å². The van der Waals surface area contributed by atoms with Crippen LogP contribution < -0.4 is 19.5 Å². The minimum atomic E-state index is 0.212. The molecule has 0 saturated heterocycles. The summed E-state index contributed by atoms with van der Waals surface area (Å²) < 4.78 is 16.1. The number of hydrogen-bond acceptors (Lipinski definition) is 5. The molecule has 0 heterocycles. The Kier molecular flexibility index (Phi) is 6.97. The van der Waals surface area contributed by atoms with Crippen molar-refractivity contribution < 1.29 is 14.2 Å². The van der Waals surface area contributed by atoms with Crippen LogP contribution in [-0.4, -0.2) is 53.4 Å². The van der Waals surface area contributed by atoms with E-state index >= 15 is 0 Å². The Morgan fingerprint density at radius 1 is 1.00 bits per heavy atom. The first-order chi connectivity index (χ1) is 10.3. The van der Waals surface area contributed by atoms with E-state index in [1.807, 2.05) is 12.1 Å². The molecule has 0 fully saturated rings. The van der Waals surface area contributed by atoms with Crippen molar-refractivity contribution in [3.63, 3.8) is 0 Å². The summed E-state index contributed by atoms with van der Waals surface area (Å²) in [6.07, 6.45) is 0. The molecule has 5 heteroatoms. The maximum Gasteiger partial charge on any atom is 0.203 e. The summed E-state index contributed by atoms with van der Waals surface area (Å²) >= 11 is 0. The minimum Gasteiger partial charge on any atom is -0.493 e. The third-order valence-corrected chi connectivity index (χ3v) is 3.40. The highest BCUT2D eigenvalue weighted by molar-refractivity contribution is 5.53. The van der Waals surface area contributed by atoms with Crippen LogP contribution in [0.3, 0.4) is 0 Å². The molecule has 0 atom stereocenters. The Labute approximate surface area is 134 Å². The van der Waals surface area contributed by atoms with Gasteiger partial charge in [0, 0.05) is 19.6 Å². The van der Waals surface area contributed by atoms with Crippen molar-refractivity contribution >= 4 is 0 Å². The zero-order chi connectivity index (χ0) is 16.8. The molecule has 22 heavy (non-hydrogen) atoms. The summed E-state index contributed by atoms with van der Waals surface area (Å²) in [6, 6.07) is 3.96. The Hall–Kier alpha value is -1.46. The first kappa shape index (κ1) is 18.6. The lowest BCUT2D eigenvalue weighted by atomic mass is 9.93. The van der Waals surface area contributed by atoms with Gasteiger partial charge in [0.15, 0.2) is 11.5 Å². The lowest BCUT2D eigenvalue weighted by Gasteiger charge is -2.28. The van der Waals surface area contributed by atoms with E-state index in [4.69, 9.17) is 14.2 Å². The number of methoxy groups -OCH3 is 3. The topological polar surface area (TPSA) is 43.0 Å². The van der Waals surface area contributed by atoms with Crippen LogP contribution >= 0.6 is 0 Å². The monoisotopic (exact) mass is 310 g/mol.